The van der Waals surface area contributed by atoms with E-state index in [9.17, 15) is 19.8 Å². The molecule has 12 heteroatoms. The predicted octanol–water partition coefficient (Wildman–Crippen LogP) is 4.68. The molecule has 0 fully saturated rings. The number of hydrogen-bond donors (Lipinski definition) is 2. The van der Waals surface area contributed by atoms with E-state index in [0.717, 1.165) is 47.3 Å². The van der Waals surface area contributed by atoms with Crippen molar-refractivity contribution >= 4 is 44.9 Å². The number of aromatic nitrogens is 3. The topological polar surface area (TPSA) is 137 Å². The van der Waals surface area contributed by atoms with Crippen LogP contribution in [0.5, 0.6) is 11.5 Å². The van der Waals surface area contributed by atoms with Gasteiger partial charge in [0, 0.05) is 17.6 Å². The summed E-state index contributed by atoms with van der Waals surface area (Å²) in [6.07, 6.45) is 5.61. The maximum atomic E-state index is 13.9. The lowest BCUT2D eigenvalue weighted by Crippen LogP contribution is -2.32. The highest BCUT2D eigenvalue weighted by atomic mass is 32.1. The molecule has 5 aromatic rings. The number of benzene rings is 1. The Morgan fingerprint density at radius 1 is 1.04 bits per heavy atom. The number of hydrogen-bond acceptors (Lipinski definition) is 9. The molecule has 1 aromatic carbocycles. The van der Waals surface area contributed by atoms with E-state index >= 15 is 0 Å². The largest absolute Gasteiger partial charge is 0.493 e. The highest BCUT2D eigenvalue weighted by molar-refractivity contribution is 7.17. The van der Waals surface area contributed by atoms with E-state index in [1.165, 1.54) is 28.9 Å². The van der Waals surface area contributed by atoms with Crippen molar-refractivity contribution in [2.75, 3.05) is 26.6 Å². The number of esters is 1. The number of carbonyl (C=O) groups is 2. The van der Waals surface area contributed by atoms with Crippen molar-refractivity contribution in [1.82, 2.24) is 14.0 Å². The number of rotatable bonds is 8. The number of pyridine rings is 2. The zero-order valence-corrected chi connectivity index (χ0v) is 26.3. The van der Waals surface area contributed by atoms with Crippen molar-refractivity contribution in [3.8, 4) is 11.5 Å². The number of thiophene rings is 1. The summed E-state index contributed by atoms with van der Waals surface area (Å²) >= 11 is 1.36. The van der Waals surface area contributed by atoms with Crippen molar-refractivity contribution in [1.29, 1.82) is 5.41 Å². The summed E-state index contributed by atoms with van der Waals surface area (Å²) in [5, 5.41) is 12.7. The lowest BCUT2D eigenvalue weighted by Gasteiger charge is -2.16. The van der Waals surface area contributed by atoms with E-state index in [4.69, 9.17) is 19.2 Å². The van der Waals surface area contributed by atoms with Gasteiger partial charge in [-0.3, -0.25) is 19.4 Å². The summed E-state index contributed by atoms with van der Waals surface area (Å²) < 4.78 is 18.9. The summed E-state index contributed by atoms with van der Waals surface area (Å²) in [5.41, 5.74) is 3.28. The average molecular weight is 628 g/mol. The van der Waals surface area contributed by atoms with Crippen LogP contribution in [0.3, 0.4) is 0 Å². The second-order valence-electron chi connectivity index (χ2n) is 10.9. The third-order valence-electron chi connectivity index (χ3n) is 8.24. The first kappa shape index (κ1) is 30.1. The van der Waals surface area contributed by atoms with Crippen molar-refractivity contribution in [3.63, 3.8) is 0 Å². The van der Waals surface area contributed by atoms with Gasteiger partial charge in [0.15, 0.2) is 11.5 Å². The first-order valence-corrected chi connectivity index (χ1v) is 15.4. The van der Waals surface area contributed by atoms with E-state index in [2.05, 4.69) is 5.32 Å². The van der Waals surface area contributed by atoms with Crippen LogP contribution in [-0.4, -0.2) is 47.2 Å². The number of nitrogens with zero attached hydrogens (tertiary/aromatic N) is 3. The lowest BCUT2D eigenvalue weighted by molar-refractivity contribution is 0.0601. The highest BCUT2D eigenvalue weighted by Gasteiger charge is 2.28. The number of methoxy groups -OCH3 is 3. The molecular formula is C33H33N5O6S. The number of ether oxygens (including phenoxy) is 3. The zero-order valence-electron chi connectivity index (χ0n) is 25.5. The van der Waals surface area contributed by atoms with Crippen LogP contribution in [0, 0.1) is 12.3 Å². The molecule has 1 aliphatic rings. The molecule has 0 radical (unpaired) electrons. The van der Waals surface area contributed by atoms with Gasteiger partial charge in [0.25, 0.3) is 11.5 Å². The second kappa shape index (κ2) is 12.2. The summed E-state index contributed by atoms with van der Waals surface area (Å²) in [4.78, 5) is 46.4. The number of fused-ring (bicyclic) bond motifs is 3. The Kier molecular flexibility index (Phi) is 8.15. The van der Waals surface area contributed by atoms with Crippen molar-refractivity contribution in [2.45, 2.75) is 45.6 Å². The molecule has 0 spiro atoms. The van der Waals surface area contributed by atoms with E-state index in [0.29, 0.717) is 39.8 Å². The Morgan fingerprint density at radius 2 is 1.82 bits per heavy atom. The third kappa shape index (κ3) is 5.35. The maximum Gasteiger partial charge on any atom is 0.341 e. The van der Waals surface area contributed by atoms with Crippen LogP contribution >= 0.6 is 11.3 Å². The van der Waals surface area contributed by atoms with Crippen LogP contribution in [0.2, 0.25) is 0 Å². The fourth-order valence-corrected chi connectivity index (χ4v) is 7.18. The molecule has 11 nitrogen and oxygen atoms in total. The van der Waals surface area contributed by atoms with Gasteiger partial charge in [-0.25, -0.2) is 9.78 Å². The quantitative estimate of drug-likeness (QED) is 0.188. The fraction of sp³-hybridized carbons (Fsp3) is 0.303. The minimum absolute atomic E-state index is 0.0106. The molecule has 0 aliphatic heterocycles. The number of nitrogens with one attached hydrogen (secondary N) is 2. The van der Waals surface area contributed by atoms with Crippen molar-refractivity contribution in [3.05, 3.63) is 91.1 Å². The van der Waals surface area contributed by atoms with Gasteiger partial charge in [-0.2, -0.15) is 0 Å². The Labute approximate surface area is 262 Å². The highest BCUT2D eigenvalue weighted by Crippen LogP contribution is 2.38. The normalized spacial score (nSPS) is 12.6. The van der Waals surface area contributed by atoms with Gasteiger partial charge in [0.2, 0.25) is 0 Å². The molecule has 0 saturated heterocycles. The first-order valence-electron chi connectivity index (χ1n) is 14.6. The Bertz CT molecular complexity index is 2110. The van der Waals surface area contributed by atoms with Gasteiger partial charge in [-0.15, -0.1) is 11.3 Å². The molecule has 1 aliphatic carbocycles. The molecule has 0 saturated carbocycles. The van der Waals surface area contributed by atoms with Crippen LogP contribution in [0.4, 0.5) is 5.00 Å². The van der Waals surface area contributed by atoms with E-state index in [1.807, 2.05) is 31.2 Å². The summed E-state index contributed by atoms with van der Waals surface area (Å²) in [7, 11) is 4.45. The van der Waals surface area contributed by atoms with Crippen LogP contribution in [0.15, 0.2) is 47.4 Å². The predicted molar refractivity (Wildman–Crippen MR) is 171 cm³/mol. The van der Waals surface area contributed by atoms with E-state index in [1.54, 1.807) is 31.0 Å². The molecule has 0 unspecified atom stereocenters. The van der Waals surface area contributed by atoms with Crippen LogP contribution in [0.1, 0.15) is 55.1 Å². The number of carbonyl (C=O) groups excluding carboxylic acids is 2. The monoisotopic (exact) mass is 627 g/mol. The van der Waals surface area contributed by atoms with Crippen molar-refractivity contribution in [2.24, 2.45) is 0 Å². The van der Waals surface area contributed by atoms with Crippen LogP contribution in [0.25, 0.3) is 16.7 Å². The average Bonchev–Trinajstić information content (AvgIpc) is 3.41. The van der Waals surface area contributed by atoms with Gasteiger partial charge in [0.1, 0.15) is 21.8 Å². The summed E-state index contributed by atoms with van der Waals surface area (Å²) in [5.74, 6) is 0.0578. The SMILES string of the molecule is COC(=O)c1c(NC(=O)c2cc3c(=O)n4cccc(C)c4nc3n(CCc3ccc(OC)c(OC)c3)c2=N)sc2c1CCCC2. The van der Waals surface area contributed by atoms with Crippen molar-refractivity contribution < 1.29 is 23.8 Å². The van der Waals surface area contributed by atoms with Gasteiger partial charge in [-0.1, -0.05) is 12.1 Å². The molecule has 4 aromatic heterocycles. The fourth-order valence-electron chi connectivity index (χ4n) is 5.91. The molecular weight excluding hydrogens is 594 g/mol. The van der Waals surface area contributed by atoms with Crippen LogP contribution in [-0.2, 0) is 30.5 Å². The molecule has 45 heavy (non-hydrogen) atoms. The molecule has 4 heterocycles. The second-order valence-corrected chi connectivity index (χ2v) is 12.0. The number of anilines is 1. The minimum atomic E-state index is -0.598. The maximum absolute atomic E-state index is 13.9. The molecule has 2 N–H and O–H groups in total. The Morgan fingerprint density at radius 3 is 2.58 bits per heavy atom. The number of aryl methyl sites for hydroxylation is 4. The molecule has 1 amide bonds. The van der Waals surface area contributed by atoms with Crippen LogP contribution < -0.4 is 25.8 Å². The van der Waals surface area contributed by atoms with E-state index < -0.39 is 11.9 Å². The van der Waals surface area contributed by atoms with E-state index in [-0.39, 0.29) is 28.5 Å². The summed E-state index contributed by atoms with van der Waals surface area (Å²) in [6, 6.07) is 10.6. The Balaban J connectivity index is 1.48. The zero-order chi connectivity index (χ0) is 31.8. The smallest absolute Gasteiger partial charge is 0.341 e. The third-order valence-corrected chi connectivity index (χ3v) is 9.45. The minimum Gasteiger partial charge on any atom is -0.493 e. The molecule has 0 atom stereocenters. The van der Waals surface area contributed by atoms with Gasteiger partial charge < -0.3 is 24.1 Å². The standard InChI is InChI=1S/C33H33N5O6S/c1-18-8-7-14-38-28(18)35-29-22(32(38)40)17-21(27(34)37(29)15-13-19-11-12-23(42-2)24(16-19)43-3)30(39)36-31-26(33(41)44-4)20-9-5-6-10-25(20)45-31/h7-8,11-12,14,16-17,34H,5-6,9-10,13,15H2,1-4H3,(H,36,39). The van der Waals surface area contributed by atoms with Gasteiger partial charge in [0.05, 0.1) is 37.8 Å². The van der Waals surface area contributed by atoms with Gasteiger partial charge >= 0.3 is 5.97 Å². The first-order chi connectivity index (χ1) is 21.7. The number of amides is 1. The Hall–Kier alpha value is -4.97. The molecule has 0 bridgehead atoms. The molecule has 6 rings (SSSR count). The molecule has 232 valence electrons. The summed E-state index contributed by atoms with van der Waals surface area (Å²) in [6.45, 7) is 2.12. The van der Waals surface area contributed by atoms with Gasteiger partial charge in [-0.05, 0) is 80.0 Å². The lowest BCUT2D eigenvalue weighted by atomic mass is 9.95.